The van der Waals surface area contributed by atoms with E-state index < -0.39 is 0 Å². The molecule has 0 aliphatic rings. The van der Waals surface area contributed by atoms with Gasteiger partial charge in [0, 0.05) is 24.9 Å². The number of nitrogens with zero attached hydrogens (tertiary/aromatic N) is 3. The van der Waals surface area contributed by atoms with Crippen LogP contribution in [0.15, 0.2) is 36.7 Å². The lowest BCUT2D eigenvalue weighted by atomic mass is 9.99. The van der Waals surface area contributed by atoms with Gasteiger partial charge in [-0.25, -0.2) is 4.98 Å². The van der Waals surface area contributed by atoms with Gasteiger partial charge >= 0.3 is 0 Å². The molecule has 0 aliphatic heterocycles. The summed E-state index contributed by atoms with van der Waals surface area (Å²) in [4.78, 5) is 20.8. The second-order valence-electron chi connectivity index (χ2n) is 6.89. The number of nitrogens with one attached hydrogen (secondary N) is 1. The minimum absolute atomic E-state index is 0.00709. The van der Waals surface area contributed by atoms with Crippen LogP contribution in [-0.2, 0) is 7.05 Å². The van der Waals surface area contributed by atoms with E-state index >= 15 is 0 Å². The molecule has 0 radical (unpaired) electrons. The second-order valence-corrected chi connectivity index (χ2v) is 6.89. The number of benzene rings is 1. The number of aromatic nitrogens is 3. The first-order valence-electron chi connectivity index (χ1n) is 9.25. The lowest BCUT2D eigenvalue weighted by Crippen LogP contribution is -2.17. The van der Waals surface area contributed by atoms with Crippen LogP contribution in [-0.4, -0.2) is 27.6 Å². The van der Waals surface area contributed by atoms with E-state index in [1.807, 2.05) is 19.9 Å². The van der Waals surface area contributed by atoms with Gasteiger partial charge in [-0.2, -0.15) is 4.98 Å². The Morgan fingerprint density at radius 2 is 2.07 bits per heavy atom. The molecule has 0 saturated carbocycles. The number of terminal acetylenes is 1. The summed E-state index contributed by atoms with van der Waals surface area (Å²) in [6, 6.07) is 7.02. The molecule has 3 rings (SSSR count). The number of hydrogen-bond donors (Lipinski definition) is 2. The van der Waals surface area contributed by atoms with Crippen LogP contribution in [0.2, 0.25) is 0 Å². The molecule has 1 aromatic carbocycles. The summed E-state index contributed by atoms with van der Waals surface area (Å²) in [6.45, 7) is 4.05. The van der Waals surface area contributed by atoms with Crippen molar-refractivity contribution in [3.63, 3.8) is 0 Å². The van der Waals surface area contributed by atoms with Crippen molar-refractivity contribution >= 4 is 17.7 Å². The normalized spacial score (nSPS) is 10.5. The highest BCUT2D eigenvalue weighted by Crippen LogP contribution is 2.37. The number of amides is 1. The number of aryl methyl sites for hydroxylation is 1. The van der Waals surface area contributed by atoms with Gasteiger partial charge in [-0.1, -0.05) is 19.8 Å². The molecule has 0 bridgehead atoms. The average molecular weight is 405 g/mol. The van der Waals surface area contributed by atoms with Crippen LogP contribution in [0, 0.1) is 12.3 Å². The molecule has 0 atom stereocenters. The van der Waals surface area contributed by atoms with Crippen LogP contribution >= 0.6 is 0 Å². The van der Waals surface area contributed by atoms with Crippen molar-refractivity contribution in [3.05, 3.63) is 53.5 Å². The van der Waals surface area contributed by atoms with Crippen LogP contribution in [0.3, 0.4) is 0 Å². The molecule has 0 saturated heterocycles. The molecule has 8 nitrogen and oxygen atoms in total. The Morgan fingerprint density at radius 1 is 1.30 bits per heavy atom. The molecule has 0 fully saturated rings. The molecular formula is C22H23N5O3. The Balaban J connectivity index is 2.01. The molecule has 1 amide bonds. The van der Waals surface area contributed by atoms with Gasteiger partial charge in [0.15, 0.2) is 11.6 Å². The second kappa shape index (κ2) is 8.57. The fourth-order valence-corrected chi connectivity index (χ4v) is 2.93. The van der Waals surface area contributed by atoms with Gasteiger partial charge in [-0.05, 0) is 24.1 Å². The number of hydrogen-bond acceptors (Lipinski definition) is 6. The zero-order valence-electron chi connectivity index (χ0n) is 17.3. The van der Waals surface area contributed by atoms with Crippen LogP contribution in [0.4, 0.5) is 11.8 Å². The molecule has 0 unspecified atom stereocenters. The van der Waals surface area contributed by atoms with E-state index in [4.69, 9.17) is 21.6 Å². The number of methoxy groups -OCH3 is 1. The molecule has 8 heteroatoms. The van der Waals surface area contributed by atoms with Gasteiger partial charge in [-0.3, -0.25) is 4.79 Å². The first-order valence-corrected chi connectivity index (χ1v) is 9.25. The first kappa shape index (κ1) is 20.7. The number of nitrogens with two attached hydrogens (primary N) is 1. The number of anilines is 2. The highest BCUT2D eigenvalue weighted by molar-refractivity contribution is 6.03. The van der Waals surface area contributed by atoms with Crippen LogP contribution in [0.1, 0.15) is 41.4 Å². The Hall–Kier alpha value is -3.99. The van der Waals surface area contributed by atoms with Gasteiger partial charge < -0.3 is 25.1 Å². The van der Waals surface area contributed by atoms with Crippen molar-refractivity contribution in [2.24, 2.45) is 7.05 Å². The Bertz CT molecular complexity index is 1130. The summed E-state index contributed by atoms with van der Waals surface area (Å²) in [5, 5.41) is 2.73. The molecular weight excluding hydrogens is 382 g/mol. The van der Waals surface area contributed by atoms with E-state index in [1.54, 1.807) is 43.1 Å². The standard InChI is InChI=1S/C22H23N5O3/c1-6-14-10-18(15(13(2)3)11-17(14)29-5)30-19-12-24-22(23)26-20(19)25-21(28)16-8-7-9-27(16)4/h1,7-13H,2-5H3,(H3,23,24,25,26,28). The summed E-state index contributed by atoms with van der Waals surface area (Å²) < 4.78 is 13.2. The number of carbonyl (C=O) groups is 1. The first-order chi connectivity index (χ1) is 14.3. The van der Waals surface area contributed by atoms with E-state index in [-0.39, 0.29) is 29.3 Å². The van der Waals surface area contributed by atoms with Gasteiger partial charge in [0.25, 0.3) is 5.91 Å². The Kier molecular flexibility index (Phi) is 5.93. The number of rotatable bonds is 6. The number of nitrogen functional groups attached to an aromatic ring is 1. The fraction of sp³-hybridized carbons (Fsp3) is 0.227. The van der Waals surface area contributed by atoms with Crippen LogP contribution in [0.25, 0.3) is 0 Å². The SMILES string of the molecule is C#Cc1cc(Oc2cnc(N)nc2NC(=O)c2cccn2C)c(C(C)C)cc1OC. The molecule has 3 aromatic rings. The predicted molar refractivity (Wildman–Crippen MR) is 115 cm³/mol. The summed E-state index contributed by atoms with van der Waals surface area (Å²) in [5.74, 6) is 3.86. The zero-order chi connectivity index (χ0) is 21.8. The highest BCUT2D eigenvalue weighted by atomic mass is 16.5. The lowest BCUT2D eigenvalue weighted by molar-refractivity contribution is 0.101. The minimum atomic E-state index is -0.353. The third kappa shape index (κ3) is 4.20. The topological polar surface area (TPSA) is 104 Å². The fourth-order valence-electron chi connectivity index (χ4n) is 2.93. The molecule has 30 heavy (non-hydrogen) atoms. The maximum atomic E-state index is 12.6. The number of carbonyl (C=O) groups excluding carboxylic acids is 1. The summed E-state index contributed by atoms with van der Waals surface area (Å²) >= 11 is 0. The van der Waals surface area contributed by atoms with Gasteiger partial charge in [0.2, 0.25) is 5.95 Å². The zero-order valence-corrected chi connectivity index (χ0v) is 17.3. The quantitative estimate of drug-likeness (QED) is 0.608. The van der Waals surface area contributed by atoms with Gasteiger partial charge in [-0.15, -0.1) is 6.42 Å². The van der Waals surface area contributed by atoms with Crippen LogP contribution in [0.5, 0.6) is 17.2 Å². The van der Waals surface area contributed by atoms with E-state index in [0.29, 0.717) is 22.8 Å². The Labute approximate surface area is 175 Å². The molecule has 2 aromatic heterocycles. The van der Waals surface area contributed by atoms with Crippen LogP contribution < -0.4 is 20.5 Å². The lowest BCUT2D eigenvalue weighted by Gasteiger charge is -2.18. The van der Waals surface area contributed by atoms with Crippen molar-refractivity contribution in [1.82, 2.24) is 14.5 Å². The van der Waals surface area contributed by atoms with Crippen molar-refractivity contribution in [2.45, 2.75) is 19.8 Å². The molecule has 3 N–H and O–H groups in total. The molecule has 0 spiro atoms. The van der Waals surface area contributed by atoms with Crippen molar-refractivity contribution in [1.29, 1.82) is 0 Å². The van der Waals surface area contributed by atoms with E-state index in [9.17, 15) is 4.79 Å². The summed E-state index contributed by atoms with van der Waals surface area (Å²) in [5.41, 5.74) is 7.61. The van der Waals surface area contributed by atoms with Crippen molar-refractivity contribution < 1.29 is 14.3 Å². The maximum Gasteiger partial charge on any atom is 0.273 e. The minimum Gasteiger partial charge on any atom is -0.495 e. The van der Waals surface area contributed by atoms with E-state index in [2.05, 4.69) is 21.2 Å². The third-order valence-corrected chi connectivity index (χ3v) is 4.51. The van der Waals surface area contributed by atoms with Crippen molar-refractivity contribution in [2.75, 3.05) is 18.2 Å². The maximum absolute atomic E-state index is 12.6. The summed E-state index contributed by atoms with van der Waals surface area (Å²) in [6.07, 6.45) is 8.79. The van der Waals surface area contributed by atoms with Gasteiger partial charge in [0.05, 0.1) is 18.9 Å². The van der Waals surface area contributed by atoms with E-state index in [1.165, 1.54) is 6.20 Å². The smallest absolute Gasteiger partial charge is 0.273 e. The predicted octanol–water partition coefficient (Wildman–Crippen LogP) is 3.56. The van der Waals surface area contributed by atoms with Crippen molar-refractivity contribution in [3.8, 4) is 29.6 Å². The third-order valence-electron chi connectivity index (χ3n) is 4.51. The molecule has 154 valence electrons. The largest absolute Gasteiger partial charge is 0.495 e. The van der Waals surface area contributed by atoms with E-state index in [0.717, 1.165) is 5.56 Å². The molecule has 2 heterocycles. The monoisotopic (exact) mass is 405 g/mol. The Morgan fingerprint density at radius 3 is 2.67 bits per heavy atom. The van der Waals surface area contributed by atoms with Gasteiger partial charge in [0.1, 0.15) is 17.2 Å². The number of ether oxygens (including phenoxy) is 2. The highest BCUT2D eigenvalue weighted by Gasteiger charge is 2.19. The molecule has 0 aliphatic carbocycles. The average Bonchev–Trinajstić information content (AvgIpc) is 3.15. The summed E-state index contributed by atoms with van der Waals surface area (Å²) in [7, 11) is 3.33.